The van der Waals surface area contributed by atoms with Gasteiger partial charge in [-0.15, -0.1) is 0 Å². The monoisotopic (exact) mass is 386 g/mol. The Hall–Kier alpha value is -2.48. The van der Waals surface area contributed by atoms with E-state index in [0.29, 0.717) is 26.2 Å². The zero-order valence-electron chi connectivity index (χ0n) is 15.5. The fourth-order valence-electron chi connectivity index (χ4n) is 3.56. The predicted molar refractivity (Wildman–Crippen MR) is 104 cm³/mol. The molecule has 2 aromatic rings. The lowest BCUT2D eigenvalue weighted by molar-refractivity contribution is -0.145. The molecule has 3 amide bonds. The van der Waals surface area contributed by atoms with Gasteiger partial charge in [0.15, 0.2) is 5.13 Å². The molecule has 8 heteroatoms. The van der Waals surface area contributed by atoms with Gasteiger partial charge in [0.05, 0.1) is 10.2 Å². The minimum atomic E-state index is -0.243. The number of rotatable bonds is 3. The number of hydrogen-bond donors (Lipinski definition) is 0. The van der Waals surface area contributed by atoms with Crippen molar-refractivity contribution in [2.75, 3.05) is 37.6 Å². The summed E-state index contributed by atoms with van der Waals surface area (Å²) in [6.07, 6.45) is 0.437. The fourth-order valence-corrected chi connectivity index (χ4v) is 4.73. The van der Waals surface area contributed by atoms with Crippen LogP contribution in [0.5, 0.6) is 0 Å². The van der Waals surface area contributed by atoms with E-state index in [9.17, 15) is 14.4 Å². The van der Waals surface area contributed by atoms with E-state index in [0.717, 1.165) is 15.5 Å². The Kier molecular flexibility index (Phi) is 4.59. The van der Waals surface area contributed by atoms with E-state index in [1.807, 2.05) is 0 Å². The van der Waals surface area contributed by atoms with Crippen molar-refractivity contribution in [1.82, 2.24) is 14.8 Å². The Balaban J connectivity index is 1.41. The van der Waals surface area contributed by atoms with Crippen molar-refractivity contribution >= 4 is 44.4 Å². The quantitative estimate of drug-likeness (QED) is 0.751. The summed E-state index contributed by atoms with van der Waals surface area (Å²) >= 11 is 1.69. The van der Waals surface area contributed by atoms with Crippen LogP contribution in [-0.2, 0) is 14.4 Å². The average Bonchev–Trinajstić information content (AvgIpc) is 3.25. The van der Waals surface area contributed by atoms with Gasteiger partial charge in [0.2, 0.25) is 17.7 Å². The lowest BCUT2D eigenvalue weighted by atomic mass is 10.1. The van der Waals surface area contributed by atoms with Crippen LogP contribution >= 0.6 is 11.3 Å². The molecule has 0 atom stereocenters. The molecular formula is C19H22N4O3S. The second kappa shape index (κ2) is 6.92. The molecule has 0 unspecified atom stereocenters. The Labute approximate surface area is 161 Å². The molecule has 0 spiro atoms. The Morgan fingerprint density at radius 1 is 1.04 bits per heavy atom. The van der Waals surface area contributed by atoms with Crippen molar-refractivity contribution in [3.05, 3.63) is 23.3 Å². The highest BCUT2D eigenvalue weighted by atomic mass is 32.1. The number of aryl methyl sites for hydroxylation is 2. The van der Waals surface area contributed by atoms with E-state index >= 15 is 0 Å². The summed E-state index contributed by atoms with van der Waals surface area (Å²) in [5.74, 6) is -0.645. The minimum Gasteiger partial charge on any atom is -0.345 e. The highest BCUT2D eigenvalue weighted by Gasteiger charge is 2.32. The molecular weight excluding hydrogens is 364 g/mol. The third kappa shape index (κ3) is 3.29. The summed E-state index contributed by atoms with van der Waals surface area (Å²) in [5, 5.41) is 0.986. The average molecular weight is 386 g/mol. The fraction of sp³-hybridized carbons (Fsp3) is 0.474. The molecule has 7 nitrogen and oxygen atoms in total. The van der Waals surface area contributed by atoms with Crippen LogP contribution < -0.4 is 4.90 Å². The standard InChI is InChI=1S/C19H22N4O3S/c1-12-3-4-13(2)18-17(12)20-19(27-18)22-9-7-21(8-10-22)16(26)11-23-14(24)5-6-15(23)25/h3-4H,5-11H2,1-2H3. The largest absolute Gasteiger partial charge is 0.345 e. The van der Waals surface area contributed by atoms with E-state index in [1.165, 1.54) is 15.8 Å². The van der Waals surface area contributed by atoms with E-state index in [-0.39, 0.29) is 37.1 Å². The maximum atomic E-state index is 12.5. The number of likely N-dealkylation sites (tertiary alicyclic amines) is 1. The van der Waals surface area contributed by atoms with Gasteiger partial charge >= 0.3 is 0 Å². The molecule has 1 aromatic heterocycles. The molecule has 0 N–H and O–H groups in total. The van der Waals surface area contributed by atoms with E-state index < -0.39 is 0 Å². The zero-order valence-corrected chi connectivity index (χ0v) is 16.3. The summed E-state index contributed by atoms with van der Waals surface area (Å²) in [6.45, 7) is 6.59. The van der Waals surface area contributed by atoms with E-state index in [2.05, 4.69) is 30.9 Å². The summed E-state index contributed by atoms with van der Waals surface area (Å²) in [7, 11) is 0. The Morgan fingerprint density at radius 2 is 1.67 bits per heavy atom. The van der Waals surface area contributed by atoms with Crippen LogP contribution in [0.4, 0.5) is 5.13 Å². The molecule has 0 radical (unpaired) electrons. The van der Waals surface area contributed by atoms with Crippen LogP contribution in [0.1, 0.15) is 24.0 Å². The smallest absolute Gasteiger partial charge is 0.242 e. The molecule has 2 saturated heterocycles. The topological polar surface area (TPSA) is 73.8 Å². The number of aromatic nitrogens is 1. The van der Waals surface area contributed by atoms with Crippen molar-refractivity contribution in [2.24, 2.45) is 0 Å². The number of hydrogen-bond acceptors (Lipinski definition) is 6. The van der Waals surface area contributed by atoms with Crippen LogP contribution in [0.3, 0.4) is 0 Å². The van der Waals surface area contributed by atoms with E-state index in [1.54, 1.807) is 16.2 Å². The number of benzene rings is 1. The van der Waals surface area contributed by atoms with Crippen molar-refractivity contribution in [3.8, 4) is 0 Å². The van der Waals surface area contributed by atoms with Crippen molar-refractivity contribution in [3.63, 3.8) is 0 Å². The van der Waals surface area contributed by atoms with E-state index in [4.69, 9.17) is 4.98 Å². The molecule has 142 valence electrons. The second-order valence-corrected chi connectivity index (χ2v) is 8.09. The van der Waals surface area contributed by atoms with Crippen molar-refractivity contribution in [1.29, 1.82) is 0 Å². The number of anilines is 1. The van der Waals surface area contributed by atoms with Crippen molar-refractivity contribution in [2.45, 2.75) is 26.7 Å². The van der Waals surface area contributed by atoms with Gasteiger partial charge in [-0.1, -0.05) is 23.5 Å². The van der Waals surface area contributed by atoms with Crippen LogP contribution in [0, 0.1) is 13.8 Å². The predicted octanol–water partition coefficient (Wildman–Crippen LogP) is 1.71. The van der Waals surface area contributed by atoms with Gasteiger partial charge in [-0.2, -0.15) is 0 Å². The maximum absolute atomic E-state index is 12.5. The minimum absolute atomic E-state index is 0.128. The van der Waals surface area contributed by atoms with Gasteiger partial charge in [-0.3, -0.25) is 19.3 Å². The van der Waals surface area contributed by atoms with Gasteiger partial charge in [-0.25, -0.2) is 4.98 Å². The summed E-state index contributed by atoms with van der Waals surface area (Å²) in [5.41, 5.74) is 3.46. The van der Waals surface area contributed by atoms with Gasteiger partial charge in [0.1, 0.15) is 6.54 Å². The van der Waals surface area contributed by atoms with Crippen molar-refractivity contribution < 1.29 is 14.4 Å². The van der Waals surface area contributed by atoms with Crippen LogP contribution in [0.15, 0.2) is 12.1 Å². The molecule has 0 bridgehead atoms. The molecule has 2 fully saturated rings. The molecule has 2 aliphatic rings. The third-order valence-electron chi connectivity index (χ3n) is 5.28. The van der Waals surface area contributed by atoms with Crippen LogP contribution in [0.25, 0.3) is 10.2 Å². The first kappa shape index (κ1) is 17.9. The van der Waals surface area contributed by atoms with Gasteiger partial charge < -0.3 is 9.80 Å². The third-order valence-corrected chi connectivity index (χ3v) is 6.53. The summed E-state index contributed by atoms with van der Waals surface area (Å²) < 4.78 is 1.22. The van der Waals surface area contributed by atoms with Crippen LogP contribution in [0.2, 0.25) is 0 Å². The molecule has 1 aromatic carbocycles. The zero-order chi connectivity index (χ0) is 19.1. The number of amides is 3. The molecule has 4 rings (SSSR count). The number of imide groups is 1. The van der Waals surface area contributed by atoms with Crippen LogP contribution in [-0.4, -0.2) is 65.2 Å². The summed E-state index contributed by atoms with van der Waals surface area (Å²) in [4.78, 5) is 45.7. The highest BCUT2D eigenvalue weighted by molar-refractivity contribution is 7.22. The first-order chi connectivity index (χ1) is 12.9. The highest BCUT2D eigenvalue weighted by Crippen LogP contribution is 2.33. The molecule has 3 heterocycles. The maximum Gasteiger partial charge on any atom is 0.242 e. The molecule has 27 heavy (non-hydrogen) atoms. The lowest BCUT2D eigenvalue weighted by Crippen LogP contribution is -2.51. The molecule has 2 aliphatic heterocycles. The van der Waals surface area contributed by atoms with Gasteiger partial charge in [0.25, 0.3) is 0 Å². The second-order valence-electron chi connectivity index (χ2n) is 7.11. The van der Waals surface area contributed by atoms with Gasteiger partial charge in [0, 0.05) is 39.0 Å². The normalized spacial score (nSPS) is 18.1. The number of thiazole rings is 1. The van der Waals surface area contributed by atoms with Gasteiger partial charge in [-0.05, 0) is 25.0 Å². The number of piperazine rings is 1. The molecule has 0 saturated carbocycles. The Bertz CT molecular complexity index is 875. The lowest BCUT2D eigenvalue weighted by Gasteiger charge is -2.35. The number of fused-ring (bicyclic) bond motifs is 1. The SMILES string of the molecule is Cc1ccc(C)c2sc(N3CCN(C(=O)CN4C(=O)CCC4=O)CC3)nc12. The number of nitrogens with zero attached hydrogens (tertiary/aromatic N) is 4. The first-order valence-corrected chi connectivity index (χ1v) is 9.98. The first-order valence-electron chi connectivity index (χ1n) is 9.16. The number of carbonyl (C=O) groups excluding carboxylic acids is 3. The number of carbonyl (C=O) groups is 3. The Morgan fingerprint density at radius 3 is 2.30 bits per heavy atom. The summed E-state index contributed by atoms with van der Waals surface area (Å²) in [6, 6.07) is 4.22. The molecule has 0 aliphatic carbocycles.